The first-order valence-electron chi connectivity index (χ1n) is 6.38. The summed E-state index contributed by atoms with van der Waals surface area (Å²) in [5, 5.41) is 2.75. The van der Waals surface area contributed by atoms with Crippen molar-refractivity contribution in [3.63, 3.8) is 0 Å². The molecule has 0 aliphatic heterocycles. The number of amides is 1. The molecule has 0 atom stereocenters. The Labute approximate surface area is 131 Å². The van der Waals surface area contributed by atoms with E-state index in [0.717, 1.165) is 10.0 Å². The van der Waals surface area contributed by atoms with Crippen LogP contribution in [0, 0.1) is 12.7 Å². The molecule has 1 amide bonds. The lowest BCUT2D eigenvalue weighted by Gasteiger charge is -2.11. The number of hydrogen-bond donors (Lipinski definition) is 1. The van der Waals surface area contributed by atoms with Gasteiger partial charge in [-0.05, 0) is 48.4 Å². The van der Waals surface area contributed by atoms with Gasteiger partial charge in [0.05, 0.1) is 19.2 Å². The van der Waals surface area contributed by atoms with Crippen LogP contribution in [0.25, 0.3) is 0 Å². The topological polar surface area (TPSA) is 38.3 Å². The van der Waals surface area contributed by atoms with Crippen molar-refractivity contribution in [3.8, 4) is 5.75 Å². The van der Waals surface area contributed by atoms with Gasteiger partial charge in [-0.3, -0.25) is 4.79 Å². The van der Waals surface area contributed by atoms with E-state index in [0.29, 0.717) is 17.0 Å². The van der Waals surface area contributed by atoms with Crippen molar-refractivity contribution in [2.45, 2.75) is 13.3 Å². The monoisotopic (exact) mass is 351 g/mol. The van der Waals surface area contributed by atoms with Crippen LogP contribution in [0.15, 0.2) is 40.9 Å². The van der Waals surface area contributed by atoms with E-state index in [-0.39, 0.29) is 12.3 Å². The molecule has 0 spiro atoms. The summed E-state index contributed by atoms with van der Waals surface area (Å²) in [6, 6.07) is 10.0. The number of benzene rings is 2. The Morgan fingerprint density at radius 1 is 1.29 bits per heavy atom. The minimum absolute atomic E-state index is 0.0393. The lowest BCUT2D eigenvalue weighted by molar-refractivity contribution is -0.115. The summed E-state index contributed by atoms with van der Waals surface area (Å²) in [5.41, 5.74) is 1.92. The zero-order valence-electron chi connectivity index (χ0n) is 11.7. The van der Waals surface area contributed by atoms with Crippen molar-refractivity contribution in [1.29, 1.82) is 0 Å². The van der Waals surface area contributed by atoms with Gasteiger partial charge in [0.25, 0.3) is 0 Å². The predicted octanol–water partition coefficient (Wildman–Crippen LogP) is 4.09. The molecule has 0 unspecified atom stereocenters. The van der Waals surface area contributed by atoms with E-state index >= 15 is 0 Å². The number of anilines is 1. The molecule has 0 aromatic heterocycles. The van der Waals surface area contributed by atoms with E-state index in [4.69, 9.17) is 4.74 Å². The van der Waals surface area contributed by atoms with Crippen molar-refractivity contribution in [2.24, 2.45) is 0 Å². The molecule has 0 aliphatic rings. The molecule has 2 aromatic rings. The number of rotatable bonds is 4. The zero-order chi connectivity index (χ0) is 15.4. The first-order chi connectivity index (χ1) is 9.99. The highest BCUT2D eigenvalue weighted by molar-refractivity contribution is 9.10. The molecule has 3 nitrogen and oxygen atoms in total. The van der Waals surface area contributed by atoms with Gasteiger partial charge in [-0.25, -0.2) is 4.39 Å². The second kappa shape index (κ2) is 6.72. The third kappa shape index (κ3) is 4.04. The lowest BCUT2D eigenvalue weighted by Crippen LogP contribution is -2.16. The van der Waals surface area contributed by atoms with Crippen molar-refractivity contribution < 1.29 is 13.9 Å². The van der Waals surface area contributed by atoms with Gasteiger partial charge in [0.15, 0.2) is 0 Å². The molecule has 0 saturated carbocycles. The number of nitrogens with one attached hydrogen (secondary N) is 1. The molecule has 0 radical (unpaired) electrons. The van der Waals surface area contributed by atoms with E-state index in [1.807, 2.05) is 19.1 Å². The maximum atomic E-state index is 13.7. The van der Waals surface area contributed by atoms with Gasteiger partial charge in [0.1, 0.15) is 11.6 Å². The van der Waals surface area contributed by atoms with Crippen molar-refractivity contribution in [3.05, 3.63) is 57.8 Å². The fourth-order valence-corrected chi connectivity index (χ4v) is 2.37. The van der Waals surface area contributed by atoms with E-state index in [1.165, 1.54) is 13.2 Å². The van der Waals surface area contributed by atoms with Crippen molar-refractivity contribution in [2.75, 3.05) is 12.4 Å². The molecule has 0 bridgehead atoms. The molecule has 2 aromatic carbocycles. The summed E-state index contributed by atoms with van der Waals surface area (Å²) < 4.78 is 19.6. The van der Waals surface area contributed by atoms with Gasteiger partial charge in [-0.1, -0.05) is 22.0 Å². The standard InChI is InChI=1S/C16H15BrFNO2/c1-10-3-6-15(21-2)14(7-10)19-16(20)9-11-8-12(17)4-5-13(11)18/h3-8H,9H2,1-2H3,(H,19,20). The Kier molecular flexibility index (Phi) is 4.96. The maximum Gasteiger partial charge on any atom is 0.229 e. The summed E-state index contributed by atoms with van der Waals surface area (Å²) in [6.45, 7) is 1.92. The van der Waals surface area contributed by atoms with Gasteiger partial charge < -0.3 is 10.1 Å². The van der Waals surface area contributed by atoms with E-state index < -0.39 is 5.82 Å². The second-order valence-electron chi connectivity index (χ2n) is 4.66. The highest BCUT2D eigenvalue weighted by Gasteiger charge is 2.11. The second-order valence-corrected chi connectivity index (χ2v) is 5.58. The van der Waals surface area contributed by atoms with Crippen LogP contribution in [-0.4, -0.2) is 13.0 Å². The average molecular weight is 352 g/mol. The molecular weight excluding hydrogens is 337 g/mol. The minimum Gasteiger partial charge on any atom is -0.495 e. The van der Waals surface area contributed by atoms with Crippen LogP contribution in [-0.2, 0) is 11.2 Å². The van der Waals surface area contributed by atoms with Crippen LogP contribution in [0.1, 0.15) is 11.1 Å². The smallest absolute Gasteiger partial charge is 0.229 e. The van der Waals surface area contributed by atoms with Crippen LogP contribution in [0.4, 0.5) is 10.1 Å². The van der Waals surface area contributed by atoms with Crippen LogP contribution in [0.2, 0.25) is 0 Å². The Bertz CT molecular complexity index is 673. The van der Waals surface area contributed by atoms with E-state index in [2.05, 4.69) is 21.2 Å². The first kappa shape index (κ1) is 15.5. The third-order valence-corrected chi connectivity index (χ3v) is 3.48. The number of aryl methyl sites for hydroxylation is 1. The highest BCUT2D eigenvalue weighted by atomic mass is 79.9. The van der Waals surface area contributed by atoms with Crippen LogP contribution in [0.5, 0.6) is 5.75 Å². The van der Waals surface area contributed by atoms with Gasteiger partial charge in [0, 0.05) is 4.47 Å². The summed E-state index contributed by atoms with van der Waals surface area (Å²) in [7, 11) is 1.54. The normalized spacial score (nSPS) is 10.3. The molecule has 110 valence electrons. The Morgan fingerprint density at radius 2 is 2.05 bits per heavy atom. The maximum absolute atomic E-state index is 13.7. The molecule has 0 fully saturated rings. The summed E-state index contributed by atoms with van der Waals surface area (Å²) in [4.78, 5) is 12.1. The van der Waals surface area contributed by atoms with Crippen LogP contribution < -0.4 is 10.1 Å². The fourth-order valence-electron chi connectivity index (χ4n) is 1.97. The van der Waals surface area contributed by atoms with Gasteiger partial charge in [-0.2, -0.15) is 0 Å². The fraction of sp³-hybridized carbons (Fsp3) is 0.188. The van der Waals surface area contributed by atoms with Gasteiger partial charge in [0.2, 0.25) is 5.91 Å². The number of halogens is 2. The highest BCUT2D eigenvalue weighted by Crippen LogP contribution is 2.25. The molecule has 0 aliphatic carbocycles. The number of carbonyl (C=O) groups is 1. The van der Waals surface area contributed by atoms with E-state index in [9.17, 15) is 9.18 Å². The van der Waals surface area contributed by atoms with Crippen molar-refractivity contribution >= 4 is 27.5 Å². The quantitative estimate of drug-likeness (QED) is 0.900. The third-order valence-electron chi connectivity index (χ3n) is 2.99. The SMILES string of the molecule is COc1ccc(C)cc1NC(=O)Cc1cc(Br)ccc1F. The molecule has 1 N–H and O–H groups in total. The molecule has 0 heterocycles. The summed E-state index contributed by atoms with van der Waals surface area (Å²) in [5.74, 6) is -0.121. The average Bonchev–Trinajstić information content (AvgIpc) is 2.43. The summed E-state index contributed by atoms with van der Waals surface area (Å²) >= 11 is 3.27. The van der Waals surface area contributed by atoms with Gasteiger partial charge in [-0.15, -0.1) is 0 Å². The number of carbonyl (C=O) groups excluding carboxylic acids is 1. The Morgan fingerprint density at radius 3 is 2.76 bits per heavy atom. The largest absolute Gasteiger partial charge is 0.495 e. The number of ether oxygens (including phenoxy) is 1. The van der Waals surface area contributed by atoms with Crippen LogP contribution in [0.3, 0.4) is 0 Å². The van der Waals surface area contributed by atoms with Gasteiger partial charge >= 0.3 is 0 Å². The predicted molar refractivity (Wildman–Crippen MR) is 84.2 cm³/mol. The summed E-state index contributed by atoms with van der Waals surface area (Å²) in [6.07, 6.45) is -0.0393. The Hall–Kier alpha value is -1.88. The van der Waals surface area contributed by atoms with Crippen LogP contribution >= 0.6 is 15.9 Å². The molecule has 2 rings (SSSR count). The number of methoxy groups -OCH3 is 1. The van der Waals surface area contributed by atoms with E-state index in [1.54, 1.807) is 18.2 Å². The minimum atomic E-state index is -0.399. The molecule has 5 heteroatoms. The number of hydrogen-bond acceptors (Lipinski definition) is 2. The molecular formula is C16H15BrFNO2. The molecule has 0 saturated heterocycles. The lowest BCUT2D eigenvalue weighted by atomic mass is 10.1. The molecule has 21 heavy (non-hydrogen) atoms. The van der Waals surface area contributed by atoms with Crippen molar-refractivity contribution in [1.82, 2.24) is 0 Å². The first-order valence-corrected chi connectivity index (χ1v) is 7.17. The zero-order valence-corrected chi connectivity index (χ0v) is 13.3. The Balaban J connectivity index is 2.15.